The second-order valence-corrected chi connectivity index (χ2v) is 6.11. The number of hydrogen-bond donors (Lipinski definition) is 1. The van der Waals surface area contributed by atoms with Gasteiger partial charge in [-0.25, -0.2) is 8.78 Å². The van der Waals surface area contributed by atoms with Crippen LogP contribution >= 0.6 is 27.5 Å². The molecule has 1 N–H and O–H groups in total. The Morgan fingerprint density at radius 3 is 2.60 bits per heavy atom. The predicted molar refractivity (Wildman–Crippen MR) is 78.8 cm³/mol. The van der Waals surface area contributed by atoms with Crippen LogP contribution in [0.25, 0.3) is 0 Å². The molecule has 1 unspecified atom stereocenters. The van der Waals surface area contributed by atoms with Gasteiger partial charge in [0.1, 0.15) is 0 Å². The quantitative estimate of drug-likeness (QED) is 0.830. The van der Waals surface area contributed by atoms with Crippen molar-refractivity contribution < 1.29 is 13.9 Å². The normalized spacial score (nSPS) is 14.1. The molecule has 0 amide bonds. The van der Waals surface area contributed by atoms with E-state index in [-0.39, 0.29) is 12.0 Å². The van der Waals surface area contributed by atoms with Crippen molar-refractivity contribution in [2.45, 2.75) is 18.9 Å². The first-order valence-corrected chi connectivity index (χ1v) is 7.09. The van der Waals surface area contributed by atoms with E-state index in [0.717, 1.165) is 10.5 Å². The Kier molecular flexibility index (Phi) is 4.47. The molecule has 0 heterocycles. The molecular formula is C15H12BrClF2O. The molecule has 0 saturated heterocycles. The smallest absolute Gasteiger partial charge is 0.164 e. The van der Waals surface area contributed by atoms with Crippen LogP contribution in [-0.4, -0.2) is 5.11 Å². The molecule has 0 spiro atoms. The Bertz CT molecular complexity index is 644. The van der Waals surface area contributed by atoms with E-state index in [0.29, 0.717) is 10.6 Å². The molecule has 0 bridgehead atoms. The van der Waals surface area contributed by atoms with E-state index in [1.807, 2.05) is 0 Å². The van der Waals surface area contributed by atoms with Crippen LogP contribution < -0.4 is 0 Å². The maximum atomic E-state index is 13.8. The fourth-order valence-corrected chi connectivity index (χ4v) is 2.79. The SMILES string of the molecule is CC(O)(Cc1ccc(Br)cc1Cl)c1cccc(F)c1F. The summed E-state index contributed by atoms with van der Waals surface area (Å²) in [6.07, 6.45) is 0.0828. The zero-order chi connectivity index (χ0) is 14.9. The Balaban J connectivity index is 2.38. The fraction of sp³-hybridized carbons (Fsp3) is 0.200. The lowest BCUT2D eigenvalue weighted by Crippen LogP contribution is -2.26. The van der Waals surface area contributed by atoms with Crippen molar-refractivity contribution in [2.24, 2.45) is 0 Å². The summed E-state index contributed by atoms with van der Waals surface area (Å²) in [5, 5.41) is 10.9. The largest absolute Gasteiger partial charge is 0.385 e. The Labute approximate surface area is 129 Å². The highest BCUT2D eigenvalue weighted by Gasteiger charge is 2.29. The molecule has 106 valence electrons. The summed E-state index contributed by atoms with van der Waals surface area (Å²) in [5.41, 5.74) is -0.982. The average molecular weight is 362 g/mol. The molecule has 0 aliphatic rings. The summed E-state index contributed by atoms with van der Waals surface area (Å²) >= 11 is 9.37. The molecule has 1 nitrogen and oxygen atoms in total. The maximum absolute atomic E-state index is 13.8. The first-order valence-electron chi connectivity index (χ1n) is 5.92. The molecule has 2 aromatic carbocycles. The van der Waals surface area contributed by atoms with Crippen LogP contribution in [0.1, 0.15) is 18.1 Å². The summed E-state index contributed by atoms with van der Waals surface area (Å²) < 4.78 is 27.9. The van der Waals surface area contributed by atoms with Gasteiger partial charge in [0.05, 0.1) is 5.60 Å². The molecule has 2 rings (SSSR count). The van der Waals surface area contributed by atoms with Gasteiger partial charge in [-0.1, -0.05) is 45.7 Å². The third kappa shape index (κ3) is 3.19. The minimum absolute atomic E-state index is 0.0828. The van der Waals surface area contributed by atoms with Crippen LogP contribution in [0, 0.1) is 11.6 Å². The van der Waals surface area contributed by atoms with Crippen LogP contribution in [0.2, 0.25) is 5.02 Å². The summed E-state index contributed by atoms with van der Waals surface area (Å²) in [7, 11) is 0. The highest BCUT2D eigenvalue weighted by Crippen LogP contribution is 2.32. The molecule has 0 radical (unpaired) electrons. The summed E-state index contributed by atoms with van der Waals surface area (Å²) in [4.78, 5) is 0. The zero-order valence-corrected chi connectivity index (χ0v) is 13.0. The van der Waals surface area contributed by atoms with Gasteiger partial charge >= 0.3 is 0 Å². The minimum atomic E-state index is -1.55. The summed E-state index contributed by atoms with van der Waals surface area (Å²) in [6.45, 7) is 1.43. The second-order valence-electron chi connectivity index (χ2n) is 4.79. The third-order valence-corrected chi connectivity index (χ3v) is 3.93. The molecule has 5 heteroatoms. The first kappa shape index (κ1) is 15.4. The van der Waals surface area contributed by atoms with Crippen LogP contribution in [-0.2, 0) is 12.0 Å². The topological polar surface area (TPSA) is 20.2 Å². The van der Waals surface area contributed by atoms with E-state index in [4.69, 9.17) is 11.6 Å². The number of halogens is 4. The van der Waals surface area contributed by atoms with E-state index in [1.54, 1.807) is 18.2 Å². The standard InChI is InChI=1S/C15H12BrClF2O/c1-15(20,11-3-2-4-13(18)14(11)19)8-9-5-6-10(16)7-12(9)17/h2-7,20H,8H2,1H3. The van der Waals surface area contributed by atoms with Crippen molar-refractivity contribution in [1.82, 2.24) is 0 Å². The van der Waals surface area contributed by atoms with Gasteiger partial charge in [-0.05, 0) is 30.7 Å². The van der Waals surface area contributed by atoms with Gasteiger partial charge in [0.15, 0.2) is 11.6 Å². The number of rotatable bonds is 3. The minimum Gasteiger partial charge on any atom is -0.385 e. The van der Waals surface area contributed by atoms with Gasteiger partial charge in [-0.2, -0.15) is 0 Å². The van der Waals surface area contributed by atoms with Crippen LogP contribution in [0.15, 0.2) is 40.9 Å². The van der Waals surface area contributed by atoms with E-state index < -0.39 is 17.2 Å². The van der Waals surface area contributed by atoms with Gasteiger partial charge < -0.3 is 5.11 Å². The van der Waals surface area contributed by atoms with E-state index in [9.17, 15) is 13.9 Å². The third-order valence-electron chi connectivity index (χ3n) is 3.08. The molecular weight excluding hydrogens is 350 g/mol. The van der Waals surface area contributed by atoms with Crippen molar-refractivity contribution in [2.75, 3.05) is 0 Å². The van der Waals surface area contributed by atoms with Crippen molar-refractivity contribution in [1.29, 1.82) is 0 Å². The summed E-state index contributed by atoms with van der Waals surface area (Å²) in [5.74, 6) is -2.02. The highest BCUT2D eigenvalue weighted by molar-refractivity contribution is 9.10. The van der Waals surface area contributed by atoms with E-state index in [1.165, 1.54) is 19.1 Å². The molecule has 2 aromatic rings. The Morgan fingerprint density at radius 1 is 1.25 bits per heavy atom. The Hall–Kier alpha value is -0.970. The summed E-state index contributed by atoms with van der Waals surface area (Å²) in [6, 6.07) is 8.95. The Morgan fingerprint density at radius 2 is 1.95 bits per heavy atom. The van der Waals surface area contributed by atoms with Crippen molar-refractivity contribution >= 4 is 27.5 Å². The lowest BCUT2D eigenvalue weighted by molar-refractivity contribution is 0.0530. The van der Waals surface area contributed by atoms with Crippen LogP contribution in [0.4, 0.5) is 8.78 Å². The lowest BCUT2D eigenvalue weighted by atomic mass is 9.88. The number of aliphatic hydroxyl groups is 1. The molecule has 0 aliphatic carbocycles. The van der Waals surface area contributed by atoms with Gasteiger partial charge in [0.25, 0.3) is 0 Å². The van der Waals surface area contributed by atoms with Crippen molar-refractivity contribution in [3.63, 3.8) is 0 Å². The number of hydrogen-bond acceptors (Lipinski definition) is 1. The zero-order valence-electron chi connectivity index (χ0n) is 10.6. The molecule has 0 aliphatic heterocycles. The average Bonchev–Trinajstić information content (AvgIpc) is 2.36. The van der Waals surface area contributed by atoms with Crippen LogP contribution in [0.5, 0.6) is 0 Å². The van der Waals surface area contributed by atoms with Crippen LogP contribution in [0.3, 0.4) is 0 Å². The van der Waals surface area contributed by atoms with Gasteiger partial charge in [-0.3, -0.25) is 0 Å². The number of benzene rings is 2. The molecule has 0 fully saturated rings. The fourth-order valence-electron chi connectivity index (χ4n) is 2.05. The second kappa shape index (κ2) is 5.80. The molecule has 0 aromatic heterocycles. The van der Waals surface area contributed by atoms with Gasteiger partial charge in [0.2, 0.25) is 0 Å². The molecule has 1 atom stereocenters. The van der Waals surface area contributed by atoms with Crippen molar-refractivity contribution in [3.05, 3.63) is 68.7 Å². The predicted octanol–water partition coefficient (Wildman–Crippen LogP) is 4.83. The highest BCUT2D eigenvalue weighted by atomic mass is 79.9. The maximum Gasteiger partial charge on any atom is 0.164 e. The van der Waals surface area contributed by atoms with Crippen molar-refractivity contribution in [3.8, 4) is 0 Å². The lowest BCUT2D eigenvalue weighted by Gasteiger charge is -2.25. The first-order chi connectivity index (χ1) is 9.31. The monoisotopic (exact) mass is 360 g/mol. The van der Waals surface area contributed by atoms with Gasteiger partial charge in [0, 0.05) is 21.5 Å². The molecule has 20 heavy (non-hydrogen) atoms. The van der Waals surface area contributed by atoms with E-state index in [2.05, 4.69) is 15.9 Å². The molecule has 0 saturated carbocycles. The van der Waals surface area contributed by atoms with E-state index >= 15 is 0 Å². The van der Waals surface area contributed by atoms with Gasteiger partial charge in [-0.15, -0.1) is 0 Å².